The zero-order chi connectivity index (χ0) is 6.85. The summed E-state index contributed by atoms with van der Waals surface area (Å²) in [6, 6.07) is -0.0417. The van der Waals surface area contributed by atoms with Gasteiger partial charge in [-0.15, -0.1) is 0 Å². The van der Waals surface area contributed by atoms with Crippen LogP contribution in [0.4, 0.5) is 0 Å². The van der Waals surface area contributed by atoms with E-state index in [2.05, 4.69) is 0 Å². The minimum absolute atomic E-state index is 0.0353. The second-order valence-electron chi connectivity index (χ2n) is 2.42. The van der Waals surface area contributed by atoms with E-state index in [1.807, 2.05) is 0 Å². The molecule has 54 valence electrons. The highest BCUT2D eigenvalue weighted by molar-refractivity contribution is 4.80. The lowest BCUT2D eigenvalue weighted by atomic mass is 10.2. The number of hydrazine groups is 1. The monoisotopic (exact) mass is 132 g/mol. The Morgan fingerprint density at radius 2 is 2.33 bits per heavy atom. The van der Waals surface area contributed by atoms with Crippen molar-refractivity contribution in [3.63, 3.8) is 0 Å². The van der Waals surface area contributed by atoms with Crippen LogP contribution in [0.15, 0.2) is 0 Å². The minimum Gasteiger partial charge on any atom is -0.395 e. The fraction of sp³-hybridized carbons (Fsp3) is 1.00. The molecule has 4 N–H and O–H groups in total. The molecule has 1 fully saturated rings. The SMILES string of the molecule is NN1C[C@H](O)C[C@H]1CO. The van der Waals surface area contributed by atoms with E-state index in [0.29, 0.717) is 13.0 Å². The van der Waals surface area contributed by atoms with Crippen molar-refractivity contribution in [3.05, 3.63) is 0 Å². The number of aliphatic hydroxyl groups excluding tert-OH is 2. The van der Waals surface area contributed by atoms with Crippen molar-refractivity contribution in [1.82, 2.24) is 5.01 Å². The van der Waals surface area contributed by atoms with E-state index >= 15 is 0 Å². The molecule has 1 aliphatic heterocycles. The molecule has 0 unspecified atom stereocenters. The van der Waals surface area contributed by atoms with Gasteiger partial charge in [-0.3, -0.25) is 5.84 Å². The number of nitrogens with zero attached hydrogens (tertiary/aromatic N) is 1. The molecule has 0 saturated carbocycles. The van der Waals surface area contributed by atoms with Gasteiger partial charge in [0.05, 0.1) is 12.7 Å². The maximum atomic E-state index is 8.97. The first-order chi connectivity index (χ1) is 4.24. The third-order valence-electron chi connectivity index (χ3n) is 1.65. The molecule has 1 rings (SSSR count). The lowest BCUT2D eigenvalue weighted by molar-refractivity contribution is 0.158. The molecule has 0 aromatic heterocycles. The highest BCUT2D eigenvalue weighted by Crippen LogP contribution is 2.12. The zero-order valence-electron chi connectivity index (χ0n) is 5.20. The molecular weight excluding hydrogens is 120 g/mol. The molecule has 0 aromatic rings. The van der Waals surface area contributed by atoms with Crippen LogP contribution in [-0.4, -0.2) is 40.5 Å². The number of hydrogen-bond donors (Lipinski definition) is 3. The van der Waals surface area contributed by atoms with E-state index in [1.165, 1.54) is 5.01 Å². The van der Waals surface area contributed by atoms with Gasteiger partial charge in [-0.1, -0.05) is 0 Å². The van der Waals surface area contributed by atoms with E-state index in [-0.39, 0.29) is 18.8 Å². The van der Waals surface area contributed by atoms with Crippen molar-refractivity contribution in [2.45, 2.75) is 18.6 Å². The summed E-state index contributed by atoms with van der Waals surface area (Å²) in [4.78, 5) is 0. The topological polar surface area (TPSA) is 69.7 Å². The molecule has 0 radical (unpaired) electrons. The van der Waals surface area contributed by atoms with Gasteiger partial charge in [0, 0.05) is 12.6 Å². The van der Waals surface area contributed by atoms with Crippen LogP contribution in [0, 0.1) is 0 Å². The minimum atomic E-state index is -0.354. The van der Waals surface area contributed by atoms with E-state index in [0.717, 1.165) is 0 Å². The van der Waals surface area contributed by atoms with Crippen LogP contribution in [0.25, 0.3) is 0 Å². The maximum Gasteiger partial charge on any atom is 0.0697 e. The van der Waals surface area contributed by atoms with E-state index in [9.17, 15) is 0 Å². The molecule has 2 atom stereocenters. The first-order valence-corrected chi connectivity index (χ1v) is 3.04. The van der Waals surface area contributed by atoms with Crippen LogP contribution < -0.4 is 5.84 Å². The zero-order valence-corrected chi connectivity index (χ0v) is 5.20. The molecule has 0 aliphatic carbocycles. The normalized spacial score (nSPS) is 37.7. The van der Waals surface area contributed by atoms with E-state index < -0.39 is 0 Å². The molecule has 9 heavy (non-hydrogen) atoms. The average Bonchev–Trinajstić information content (AvgIpc) is 2.10. The molecule has 1 aliphatic rings. The highest BCUT2D eigenvalue weighted by Gasteiger charge is 2.27. The van der Waals surface area contributed by atoms with Crippen LogP contribution in [-0.2, 0) is 0 Å². The smallest absolute Gasteiger partial charge is 0.0697 e. The van der Waals surface area contributed by atoms with Gasteiger partial charge in [-0.25, -0.2) is 5.01 Å². The Morgan fingerprint density at radius 1 is 1.67 bits per heavy atom. The molecule has 4 nitrogen and oxygen atoms in total. The summed E-state index contributed by atoms with van der Waals surface area (Å²) in [5.41, 5.74) is 0. The lowest BCUT2D eigenvalue weighted by Gasteiger charge is -2.14. The summed E-state index contributed by atoms with van der Waals surface area (Å²) in [6.45, 7) is 0.513. The second kappa shape index (κ2) is 2.62. The second-order valence-corrected chi connectivity index (χ2v) is 2.42. The summed E-state index contributed by atoms with van der Waals surface area (Å²) < 4.78 is 0. The predicted octanol–water partition coefficient (Wildman–Crippen LogP) is -1.71. The van der Waals surface area contributed by atoms with Gasteiger partial charge in [-0.2, -0.15) is 0 Å². The summed E-state index contributed by atoms with van der Waals surface area (Å²) in [5, 5.41) is 19.1. The molecule has 4 heteroatoms. The van der Waals surface area contributed by atoms with Crippen LogP contribution in [0.5, 0.6) is 0 Å². The average molecular weight is 132 g/mol. The third-order valence-corrected chi connectivity index (χ3v) is 1.65. The first-order valence-electron chi connectivity index (χ1n) is 3.04. The van der Waals surface area contributed by atoms with Crippen LogP contribution in [0.2, 0.25) is 0 Å². The quantitative estimate of drug-likeness (QED) is 0.371. The summed E-state index contributed by atoms with van der Waals surface area (Å²) in [7, 11) is 0. The Morgan fingerprint density at radius 3 is 2.56 bits per heavy atom. The molecule has 0 spiro atoms. The van der Waals surface area contributed by atoms with Gasteiger partial charge in [0.25, 0.3) is 0 Å². The Labute approximate surface area is 53.9 Å². The molecule has 0 bridgehead atoms. The lowest BCUT2D eigenvalue weighted by Crippen LogP contribution is -2.38. The number of nitrogens with two attached hydrogens (primary N) is 1. The number of hydrogen-bond acceptors (Lipinski definition) is 4. The molecule has 1 saturated heterocycles. The van der Waals surface area contributed by atoms with Gasteiger partial charge in [-0.05, 0) is 6.42 Å². The van der Waals surface area contributed by atoms with Crippen molar-refractivity contribution in [3.8, 4) is 0 Å². The first kappa shape index (κ1) is 6.95. The van der Waals surface area contributed by atoms with Crippen molar-refractivity contribution in [1.29, 1.82) is 0 Å². The number of rotatable bonds is 1. The number of aliphatic hydroxyl groups is 2. The predicted molar refractivity (Wildman–Crippen MR) is 32.4 cm³/mol. The Balaban J connectivity index is 2.38. The van der Waals surface area contributed by atoms with E-state index in [4.69, 9.17) is 16.1 Å². The molecule has 0 amide bonds. The molecule has 1 heterocycles. The van der Waals surface area contributed by atoms with Crippen LogP contribution in [0.1, 0.15) is 6.42 Å². The van der Waals surface area contributed by atoms with Crippen molar-refractivity contribution in [2.75, 3.05) is 13.2 Å². The van der Waals surface area contributed by atoms with Crippen molar-refractivity contribution in [2.24, 2.45) is 5.84 Å². The Kier molecular flexibility index (Phi) is 2.02. The highest BCUT2D eigenvalue weighted by atomic mass is 16.3. The summed E-state index contributed by atoms with van der Waals surface area (Å²) in [5.74, 6) is 5.39. The van der Waals surface area contributed by atoms with Gasteiger partial charge in [0.2, 0.25) is 0 Å². The third kappa shape index (κ3) is 1.40. The van der Waals surface area contributed by atoms with Gasteiger partial charge in [0.1, 0.15) is 0 Å². The summed E-state index contributed by atoms with van der Waals surface area (Å²) >= 11 is 0. The van der Waals surface area contributed by atoms with Crippen molar-refractivity contribution >= 4 is 0 Å². The van der Waals surface area contributed by atoms with Crippen LogP contribution in [0.3, 0.4) is 0 Å². The molecule has 0 aromatic carbocycles. The van der Waals surface area contributed by atoms with Gasteiger partial charge < -0.3 is 10.2 Å². The van der Waals surface area contributed by atoms with Gasteiger partial charge >= 0.3 is 0 Å². The Hall–Kier alpha value is -0.160. The standard InChI is InChI=1S/C5H12N2O2/c6-7-2-5(9)1-4(7)3-8/h4-5,8-9H,1-3,6H2/t4-,5+/m0/s1. The largest absolute Gasteiger partial charge is 0.395 e. The van der Waals surface area contributed by atoms with Gasteiger partial charge in [0.15, 0.2) is 0 Å². The molecular formula is C5H12N2O2. The number of β-amino-alcohol motifs (C(OH)–C–C–N with tert-alkyl or cyclic N) is 1. The summed E-state index contributed by atoms with van der Waals surface area (Å²) in [6.07, 6.45) is 0.236. The van der Waals surface area contributed by atoms with Crippen molar-refractivity contribution < 1.29 is 10.2 Å². The van der Waals surface area contributed by atoms with Crippen LogP contribution >= 0.6 is 0 Å². The maximum absolute atomic E-state index is 8.97. The fourth-order valence-electron chi connectivity index (χ4n) is 1.10. The van der Waals surface area contributed by atoms with E-state index in [1.54, 1.807) is 0 Å². The fourth-order valence-corrected chi connectivity index (χ4v) is 1.10. The Bertz CT molecular complexity index is 99.0.